The van der Waals surface area contributed by atoms with Gasteiger partial charge in [-0.15, -0.1) is 11.8 Å². The minimum absolute atomic E-state index is 0.199. The molecule has 212 valence electrons. The van der Waals surface area contributed by atoms with Crippen LogP contribution in [-0.2, 0) is 11.2 Å². The molecule has 2 atom stereocenters. The van der Waals surface area contributed by atoms with Crippen LogP contribution < -0.4 is 5.32 Å². The normalized spacial score (nSPS) is 19.2. The number of nitrogens with one attached hydrogen (secondary N) is 1. The smallest absolute Gasteiger partial charge is 0.221 e. The maximum Gasteiger partial charge on any atom is 0.221 e. The molecule has 4 rings (SSSR count). The van der Waals surface area contributed by atoms with Crippen LogP contribution in [0.4, 0.5) is 10.1 Å². The third-order valence-corrected chi connectivity index (χ3v) is 8.32. The molecule has 1 aliphatic heterocycles. The molecule has 0 bridgehead atoms. The first kappa shape index (κ1) is 32.4. The number of carbonyl (C=O) groups excluding carboxylic acids is 1. The molecule has 2 aromatic carbocycles. The maximum absolute atomic E-state index is 12.5. The van der Waals surface area contributed by atoms with E-state index >= 15 is 0 Å². The van der Waals surface area contributed by atoms with Crippen molar-refractivity contribution < 1.29 is 9.18 Å². The number of thioether (sulfide) groups is 1. The predicted octanol–water partition coefficient (Wildman–Crippen LogP) is 9.08. The van der Waals surface area contributed by atoms with Crippen LogP contribution >= 0.6 is 11.8 Å². The molecule has 2 unspecified atom stereocenters. The molecule has 1 N–H and O–H groups in total. The number of unbranched alkanes of at least 4 members (excludes halogenated alkanes) is 1. The molecule has 38 heavy (non-hydrogen) atoms. The molecule has 2 aromatic rings. The molecule has 3 nitrogen and oxygen atoms in total. The number of hydrogen-bond acceptors (Lipinski definition) is 3. The summed E-state index contributed by atoms with van der Waals surface area (Å²) < 4.78 is 12.5. The van der Waals surface area contributed by atoms with E-state index < -0.39 is 0 Å². The number of anilines is 1. The fourth-order valence-electron chi connectivity index (χ4n) is 5.41. The summed E-state index contributed by atoms with van der Waals surface area (Å²) in [4.78, 5) is 14.5. The Hall–Kier alpha value is -1.85. The Morgan fingerprint density at radius 3 is 2.45 bits per heavy atom. The summed E-state index contributed by atoms with van der Waals surface area (Å²) in [5, 5.41) is 2.47. The highest BCUT2D eigenvalue weighted by atomic mass is 32.2. The van der Waals surface area contributed by atoms with E-state index in [1.807, 2.05) is 11.8 Å². The molecule has 0 aromatic heterocycles. The first-order valence-electron chi connectivity index (χ1n) is 14.7. The van der Waals surface area contributed by atoms with Crippen molar-refractivity contribution in [1.82, 2.24) is 4.90 Å². The highest BCUT2D eigenvalue weighted by molar-refractivity contribution is 7.98. The molecule has 2 aliphatic rings. The molecule has 0 radical (unpaired) electrons. The highest BCUT2D eigenvalue weighted by Gasteiger charge is 2.24. The summed E-state index contributed by atoms with van der Waals surface area (Å²) >= 11 is 1.85. The number of rotatable bonds is 8. The average molecular weight is 543 g/mol. The summed E-state index contributed by atoms with van der Waals surface area (Å²) in [5.74, 6) is 2.20. The van der Waals surface area contributed by atoms with Crippen molar-refractivity contribution in [1.29, 1.82) is 0 Å². The maximum atomic E-state index is 12.5. The second-order valence-electron chi connectivity index (χ2n) is 11.2. The number of amides is 1. The van der Waals surface area contributed by atoms with Gasteiger partial charge < -0.3 is 10.2 Å². The Balaban J connectivity index is 0.000000217. The van der Waals surface area contributed by atoms with Gasteiger partial charge in [-0.2, -0.15) is 0 Å². The van der Waals surface area contributed by atoms with Gasteiger partial charge in [-0.25, -0.2) is 4.39 Å². The van der Waals surface area contributed by atoms with Crippen LogP contribution in [0.3, 0.4) is 0 Å². The lowest BCUT2D eigenvalue weighted by Gasteiger charge is -2.31. The van der Waals surface area contributed by atoms with E-state index in [9.17, 15) is 9.18 Å². The molecule has 1 saturated carbocycles. The molecule has 1 heterocycles. The van der Waals surface area contributed by atoms with E-state index in [0.29, 0.717) is 5.69 Å². The van der Waals surface area contributed by atoms with Crippen LogP contribution in [0, 0.1) is 23.6 Å². The van der Waals surface area contributed by atoms with E-state index in [0.717, 1.165) is 17.8 Å². The second-order valence-corrected chi connectivity index (χ2v) is 12.1. The van der Waals surface area contributed by atoms with Crippen molar-refractivity contribution in [3.8, 4) is 0 Å². The van der Waals surface area contributed by atoms with Gasteiger partial charge in [-0.1, -0.05) is 64.7 Å². The standard InChI is InChI=1S/C17H26S.C8H8FNO.C8H17N/c1-13(2)16-8-4-6-14(11-16)10-15-7-5-9-17(12-15)18-3;1-6(11)10-8-4-2-3-7(9)5-8;1-2-3-6-9-7-4-5-8-9/h5,7,9,12-14,16H,4,6,8,10-11H2,1-3H3;2-5H,1H3,(H,10,11);2-8H2,1H3. The van der Waals surface area contributed by atoms with E-state index in [4.69, 9.17) is 0 Å². The number of hydrogen-bond donors (Lipinski definition) is 1. The van der Waals surface area contributed by atoms with Gasteiger partial charge >= 0.3 is 0 Å². The minimum atomic E-state index is -0.351. The SMILES string of the molecule is CC(=O)Nc1cccc(F)c1.CCCCN1CCCC1.CSc1cccc(CC2CCCC(C(C)C)C2)c1. The zero-order valence-corrected chi connectivity index (χ0v) is 25.3. The van der Waals surface area contributed by atoms with Crippen molar-refractivity contribution in [3.63, 3.8) is 0 Å². The largest absolute Gasteiger partial charge is 0.326 e. The Morgan fingerprint density at radius 1 is 1.08 bits per heavy atom. The minimum Gasteiger partial charge on any atom is -0.326 e. The summed E-state index contributed by atoms with van der Waals surface area (Å²) in [6, 6.07) is 14.9. The molecule has 1 amide bonds. The number of likely N-dealkylation sites (tertiary alicyclic amines) is 1. The number of carbonyl (C=O) groups is 1. The molecule has 0 spiro atoms. The van der Waals surface area contributed by atoms with Gasteiger partial charge in [0.25, 0.3) is 0 Å². The van der Waals surface area contributed by atoms with Crippen molar-refractivity contribution in [2.45, 2.75) is 90.4 Å². The first-order chi connectivity index (χ1) is 18.3. The van der Waals surface area contributed by atoms with Gasteiger partial charge in [0.05, 0.1) is 0 Å². The Labute approximate surface area is 236 Å². The van der Waals surface area contributed by atoms with Crippen LogP contribution in [0.25, 0.3) is 0 Å². The second kappa shape index (κ2) is 18.4. The predicted molar refractivity (Wildman–Crippen MR) is 163 cm³/mol. The quantitative estimate of drug-likeness (QED) is 0.338. The summed E-state index contributed by atoms with van der Waals surface area (Å²) in [6.07, 6.45) is 14.8. The van der Waals surface area contributed by atoms with E-state index in [1.165, 1.54) is 107 Å². The van der Waals surface area contributed by atoms with Gasteiger partial charge in [-0.05, 0) is 112 Å². The zero-order valence-electron chi connectivity index (χ0n) is 24.5. The molecular weight excluding hydrogens is 491 g/mol. The number of nitrogens with zero attached hydrogens (tertiary/aromatic N) is 1. The van der Waals surface area contributed by atoms with Gasteiger partial charge in [0, 0.05) is 17.5 Å². The van der Waals surface area contributed by atoms with Crippen LogP contribution in [0.2, 0.25) is 0 Å². The summed E-state index contributed by atoms with van der Waals surface area (Å²) in [7, 11) is 0. The van der Waals surface area contributed by atoms with Gasteiger partial charge in [0.15, 0.2) is 0 Å². The van der Waals surface area contributed by atoms with Crippen molar-refractivity contribution >= 4 is 23.4 Å². The third kappa shape index (κ3) is 13.3. The van der Waals surface area contributed by atoms with Crippen LogP contribution in [-0.4, -0.2) is 36.7 Å². The van der Waals surface area contributed by atoms with Gasteiger partial charge in [0.2, 0.25) is 5.91 Å². The molecular formula is C33H51FN2OS. The van der Waals surface area contributed by atoms with Gasteiger partial charge in [-0.3, -0.25) is 4.79 Å². The number of benzene rings is 2. The van der Waals surface area contributed by atoms with E-state index in [-0.39, 0.29) is 11.7 Å². The summed E-state index contributed by atoms with van der Waals surface area (Å²) in [5.41, 5.74) is 2.02. The number of halogens is 1. The highest BCUT2D eigenvalue weighted by Crippen LogP contribution is 2.35. The van der Waals surface area contributed by atoms with Crippen LogP contribution in [0.1, 0.15) is 84.6 Å². The van der Waals surface area contributed by atoms with E-state index in [2.05, 4.69) is 61.5 Å². The van der Waals surface area contributed by atoms with Gasteiger partial charge in [0.1, 0.15) is 5.82 Å². The molecule has 1 aliphatic carbocycles. The van der Waals surface area contributed by atoms with Crippen molar-refractivity contribution in [2.24, 2.45) is 17.8 Å². The lowest BCUT2D eigenvalue weighted by molar-refractivity contribution is -0.114. The average Bonchev–Trinajstić information content (AvgIpc) is 3.42. The van der Waals surface area contributed by atoms with E-state index in [1.54, 1.807) is 12.1 Å². The van der Waals surface area contributed by atoms with Crippen LogP contribution in [0.5, 0.6) is 0 Å². The first-order valence-corrected chi connectivity index (χ1v) is 15.9. The lowest BCUT2D eigenvalue weighted by Crippen LogP contribution is -2.21. The van der Waals surface area contributed by atoms with Crippen molar-refractivity contribution in [2.75, 3.05) is 31.2 Å². The van der Waals surface area contributed by atoms with Crippen LogP contribution in [0.15, 0.2) is 53.4 Å². The summed E-state index contributed by atoms with van der Waals surface area (Å²) in [6.45, 7) is 12.5. The third-order valence-electron chi connectivity index (χ3n) is 7.60. The zero-order chi connectivity index (χ0) is 27.8. The lowest BCUT2D eigenvalue weighted by atomic mass is 9.74. The topological polar surface area (TPSA) is 32.3 Å². The molecule has 2 fully saturated rings. The fourth-order valence-corrected chi connectivity index (χ4v) is 5.90. The molecule has 5 heteroatoms. The monoisotopic (exact) mass is 542 g/mol. The molecule has 1 saturated heterocycles. The Morgan fingerprint density at radius 2 is 1.82 bits per heavy atom. The van der Waals surface area contributed by atoms with Crippen molar-refractivity contribution in [3.05, 3.63) is 59.9 Å². The Kier molecular flexibility index (Phi) is 15.7. The Bertz CT molecular complexity index is 929. The fraction of sp³-hybridized carbons (Fsp3) is 0.606.